The first-order valence-electron chi connectivity index (χ1n) is 4.36. The molecule has 0 saturated heterocycles. The summed E-state index contributed by atoms with van der Waals surface area (Å²) in [5.41, 5.74) is 0.532. The maximum atomic E-state index is 11.5. The lowest BCUT2D eigenvalue weighted by Crippen LogP contribution is -2.37. The van der Waals surface area contributed by atoms with Gasteiger partial charge in [0.25, 0.3) is 5.91 Å². The zero-order chi connectivity index (χ0) is 11.1. The van der Waals surface area contributed by atoms with Crippen LogP contribution in [0.15, 0.2) is 11.3 Å². The van der Waals surface area contributed by atoms with Crippen LogP contribution in [0.25, 0.3) is 0 Å². The Morgan fingerprint density at radius 3 is 2.43 bits per heavy atom. The van der Waals surface area contributed by atoms with Crippen molar-refractivity contribution in [3.05, 3.63) is 11.3 Å². The molecule has 0 aromatic rings. The topological polar surface area (TPSA) is 50.4 Å². The average Bonchev–Trinajstić information content (AvgIpc) is 2.16. The van der Waals surface area contributed by atoms with Crippen molar-refractivity contribution in [2.75, 3.05) is 13.7 Å². The normalized spacial score (nSPS) is 11.4. The molecule has 0 saturated carbocycles. The summed E-state index contributed by atoms with van der Waals surface area (Å²) in [4.78, 5) is 11.5. The first kappa shape index (κ1) is 12.9. The second-order valence-corrected chi connectivity index (χ2v) is 3.06. The van der Waals surface area contributed by atoms with Gasteiger partial charge in [0.1, 0.15) is 5.76 Å². The van der Waals surface area contributed by atoms with Gasteiger partial charge >= 0.3 is 0 Å². The second kappa shape index (κ2) is 6.37. The molecular weight excluding hydrogens is 200 g/mol. The Kier molecular flexibility index (Phi) is 5.87. The Morgan fingerprint density at radius 1 is 1.43 bits per heavy atom. The molecule has 2 N–H and O–H groups in total. The zero-order valence-electron chi connectivity index (χ0n) is 8.93. The standard InChI is InChI=1S/C9H16N2O2S/c1-5-13-7(3)6(2)8(12)11-9(14)10-4/h5H2,1-4H3,(H2,10,11,12,14)/b7-6-. The van der Waals surface area contributed by atoms with E-state index in [1.807, 2.05) is 6.92 Å². The molecular formula is C9H16N2O2S. The quantitative estimate of drug-likeness (QED) is 0.419. The zero-order valence-corrected chi connectivity index (χ0v) is 9.75. The van der Waals surface area contributed by atoms with Crippen LogP contribution in [-0.2, 0) is 9.53 Å². The van der Waals surface area contributed by atoms with E-state index in [4.69, 9.17) is 17.0 Å². The van der Waals surface area contributed by atoms with Gasteiger partial charge in [0, 0.05) is 7.05 Å². The van der Waals surface area contributed by atoms with Crippen LogP contribution >= 0.6 is 12.2 Å². The largest absolute Gasteiger partial charge is 0.498 e. The fourth-order valence-electron chi connectivity index (χ4n) is 0.744. The molecule has 0 unspecified atom stereocenters. The Bertz CT molecular complexity index is 262. The highest BCUT2D eigenvalue weighted by Gasteiger charge is 2.09. The number of amides is 1. The molecule has 0 atom stereocenters. The van der Waals surface area contributed by atoms with Crippen molar-refractivity contribution in [3.8, 4) is 0 Å². The van der Waals surface area contributed by atoms with Crippen LogP contribution in [0.4, 0.5) is 0 Å². The molecule has 0 aromatic heterocycles. The number of rotatable bonds is 3. The van der Waals surface area contributed by atoms with Crippen molar-refractivity contribution in [1.29, 1.82) is 0 Å². The lowest BCUT2D eigenvalue weighted by molar-refractivity contribution is -0.116. The monoisotopic (exact) mass is 216 g/mol. The number of nitrogens with one attached hydrogen (secondary N) is 2. The Hall–Kier alpha value is -1.10. The number of thiocarbonyl (C=S) groups is 1. The van der Waals surface area contributed by atoms with Crippen LogP contribution < -0.4 is 10.6 Å². The molecule has 1 amide bonds. The van der Waals surface area contributed by atoms with Gasteiger partial charge in [-0.1, -0.05) is 0 Å². The van der Waals surface area contributed by atoms with Crippen molar-refractivity contribution < 1.29 is 9.53 Å². The minimum Gasteiger partial charge on any atom is -0.498 e. The summed E-state index contributed by atoms with van der Waals surface area (Å²) in [5, 5.41) is 5.47. The fraction of sp³-hybridized carbons (Fsp3) is 0.556. The first-order valence-corrected chi connectivity index (χ1v) is 4.77. The molecule has 80 valence electrons. The average molecular weight is 216 g/mol. The van der Waals surface area contributed by atoms with E-state index in [-0.39, 0.29) is 5.91 Å². The molecule has 14 heavy (non-hydrogen) atoms. The third kappa shape index (κ3) is 4.23. The van der Waals surface area contributed by atoms with Crippen molar-refractivity contribution in [3.63, 3.8) is 0 Å². The predicted molar refractivity (Wildman–Crippen MR) is 59.8 cm³/mol. The molecule has 0 aliphatic rings. The summed E-state index contributed by atoms with van der Waals surface area (Å²) in [6, 6.07) is 0. The van der Waals surface area contributed by atoms with Gasteiger partial charge in [-0.2, -0.15) is 0 Å². The maximum Gasteiger partial charge on any atom is 0.256 e. The minimum absolute atomic E-state index is 0.240. The first-order chi connectivity index (χ1) is 6.52. The lowest BCUT2D eigenvalue weighted by atomic mass is 10.2. The van der Waals surface area contributed by atoms with Gasteiger partial charge in [-0.15, -0.1) is 0 Å². The van der Waals surface area contributed by atoms with Crippen molar-refractivity contribution >= 4 is 23.2 Å². The summed E-state index contributed by atoms with van der Waals surface area (Å²) >= 11 is 4.80. The number of hydrogen-bond acceptors (Lipinski definition) is 3. The number of allylic oxidation sites excluding steroid dienone is 1. The second-order valence-electron chi connectivity index (χ2n) is 2.65. The van der Waals surface area contributed by atoms with E-state index in [0.29, 0.717) is 23.1 Å². The van der Waals surface area contributed by atoms with Crippen LogP contribution in [0.3, 0.4) is 0 Å². The van der Waals surface area contributed by atoms with Gasteiger partial charge < -0.3 is 10.1 Å². The SMILES string of the molecule is CCO/C(C)=C(/C)C(=O)NC(=S)NC. The van der Waals surface area contributed by atoms with Crippen molar-refractivity contribution in [2.24, 2.45) is 0 Å². The molecule has 5 heteroatoms. The van der Waals surface area contributed by atoms with Gasteiger partial charge in [0.05, 0.1) is 12.2 Å². The summed E-state index contributed by atoms with van der Waals surface area (Å²) in [7, 11) is 1.65. The van der Waals surface area contributed by atoms with E-state index in [1.165, 1.54) is 0 Å². The molecule has 0 aliphatic carbocycles. The molecule has 0 bridgehead atoms. The predicted octanol–water partition coefficient (Wildman–Crippen LogP) is 0.937. The van der Waals surface area contributed by atoms with Crippen LogP contribution in [-0.4, -0.2) is 24.7 Å². The minimum atomic E-state index is -0.240. The van der Waals surface area contributed by atoms with E-state index in [0.717, 1.165) is 0 Å². The lowest BCUT2D eigenvalue weighted by Gasteiger charge is -2.09. The van der Waals surface area contributed by atoms with Gasteiger partial charge in [-0.25, -0.2) is 0 Å². The number of ether oxygens (including phenoxy) is 1. The van der Waals surface area contributed by atoms with Gasteiger partial charge in [0.2, 0.25) is 0 Å². The summed E-state index contributed by atoms with van der Waals surface area (Å²) < 4.78 is 5.20. The van der Waals surface area contributed by atoms with Gasteiger partial charge in [0.15, 0.2) is 5.11 Å². The number of carbonyl (C=O) groups is 1. The van der Waals surface area contributed by atoms with Crippen molar-refractivity contribution in [2.45, 2.75) is 20.8 Å². The van der Waals surface area contributed by atoms with Crippen LogP contribution in [0.1, 0.15) is 20.8 Å². The Labute approximate surface area is 89.7 Å². The van der Waals surface area contributed by atoms with Crippen LogP contribution in [0.5, 0.6) is 0 Å². The van der Waals surface area contributed by atoms with Crippen LogP contribution in [0, 0.1) is 0 Å². The van der Waals surface area contributed by atoms with E-state index in [2.05, 4.69) is 10.6 Å². The van der Waals surface area contributed by atoms with E-state index < -0.39 is 0 Å². The van der Waals surface area contributed by atoms with Crippen molar-refractivity contribution in [1.82, 2.24) is 10.6 Å². The maximum absolute atomic E-state index is 11.5. The summed E-state index contributed by atoms with van der Waals surface area (Å²) in [5.74, 6) is 0.374. The summed E-state index contributed by atoms with van der Waals surface area (Å²) in [6.45, 7) is 5.86. The molecule has 0 spiro atoms. The third-order valence-electron chi connectivity index (χ3n) is 1.68. The van der Waals surface area contributed by atoms with Gasteiger partial charge in [-0.3, -0.25) is 10.1 Å². The highest BCUT2D eigenvalue weighted by Crippen LogP contribution is 2.04. The van der Waals surface area contributed by atoms with Gasteiger partial charge in [-0.05, 0) is 33.0 Å². The fourth-order valence-corrected chi connectivity index (χ4v) is 0.837. The Morgan fingerprint density at radius 2 is 2.00 bits per heavy atom. The van der Waals surface area contributed by atoms with E-state index in [9.17, 15) is 4.79 Å². The molecule has 0 heterocycles. The Balaban J connectivity index is 4.38. The highest BCUT2D eigenvalue weighted by atomic mass is 32.1. The highest BCUT2D eigenvalue weighted by molar-refractivity contribution is 7.80. The van der Waals surface area contributed by atoms with E-state index >= 15 is 0 Å². The molecule has 0 radical (unpaired) electrons. The van der Waals surface area contributed by atoms with E-state index in [1.54, 1.807) is 20.9 Å². The molecule has 4 nitrogen and oxygen atoms in total. The molecule has 0 rings (SSSR count). The number of carbonyl (C=O) groups excluding carboxylic acids is 1. The third-order valence-corrected chi connectivity index (χ3v) is 1.99. The number of hydrogen-bond donors (Lipinski definition) is 2. The smallest absolute Gasteiger partial charge is 0.256 e. The molecule has 0 aromatic carbocycles. The van der Waals surface area contributed by atoms with Crippen LogP contribution in [0.2, 0.25) is 0 Å². The molecule has 0 aliphatic heterocycles. The summed E-state index contributed by atoms with van der Waals surface area (Å²) in [6.07, 6.45) is 0. The molecule has 0 fully saturated rings.